The van der Waals surface area contributed by atoms with Gasteiger partial charge in [0.25, 0.3) is 11.6 Å². The van der Waals surface area contributed by atoms with Gasteiger partial charge in [-0.05, 0) is 50.6 Å². The average molecular weight is 375 g/mol. The molecule has 1 unspecified atom stereocenters. The highest BCUT2D eigenvalue weighted by Gasteiger charge is 2.20. The molecule has 0 spiro atoms. The van der Waals surface area contributed by atoms with Gasteiger partial charge in [0.15, 0.2) is 0 Å². The predicted molar refractivity (Wildman–Crippen MR) is 104 cm³/mol. The number of rotatable bonds is 5. The van der Waals surface area contributed by atoms with Crippen molar-refractivity contribution in [3.8, 4) is 0 Å². The van der Waals surface area contributed by atoms with E-state index >= 15 is 0 Å². The summed E-state index contributed by atoms with van der Waals surface area (Å²) in [6.07, 6.45) is 0. The van der Waals surface area contributed by atoms with Crippen LogP contribution in [-0.2, 0) is 16.6 Å². The van der Waals surface area contributed by atoms with Crippen molar-refractivity contribution in [1.29, 1.82) is 0 Å². The second-order valence-corrected chi connectivity index (χ2v) is 8.99. The van der Waals surface area contributed by atoms with Crippen LogP contribution in [0.5, 0.6) is 0 Å². The fourth-order valence-corrected chi connectivity index (χ4v) is 3.07. The number of amides is 1. The Bertz CT molecular complexity index is 875. The molecule has 0 saturated heterocycles. The molecule has 0 heterocycles. The standard InChI is InChI=1S/C18H21N3O4S/c1-18(2,3)26(25)11-12-5-4-6-14(9-12)20-17(22)13-7-8-15(19)16(10-13)21(23)24/h4-10H,11,19H2,1-3H3,(H,20,22). The smallest absolute Gasteiger partial charge is 0.292 e. The normalized spacial score (nSPS) is 12.4. The Morgan fingerprint density at radius 2 is 1.92 bits per heavy atom. The second kappa shape index (κ2) is 7.65. The number of nitro groups is 1. The Kier molecular flexibility index (Phi) is 5.76. The van der Waals surface area contributed by atoms with E-state index < -0.39 is 21.6 Å². The maximum absolute atomic E-state index is 12.4. The van der Waals surface area contributed by atoms with Gasteiger partial charge in [0.1, 0.15) is 5.69 Å². The van der Waals surface area contributed by atoms with Crippen molar-refractivity contribution in [1.82, 2.24) is 0 Å². The number of carbonyl (C=O) groups excluding carboxylic acids is 1. The fraction of sp³-hybridized carbons (Fsp3) is 0.278. The number of anilines is 2. The van der Waals surface area contributed by atoms with Crippen molar-refractivity contribution in [3.63, 3.8) is 0 Å². The molecule has 0 bridgehead atoms. The monoisotopic (exact) mass is 375 g/mol. The molecular formula is C18H21N3O4S. The molecule has 7 nitrogen and oxygen atoms in total. The second-order valence-electron chi connectivity index (χ2n) is 6.79. The third-order valence-corrected chi connectivity index (χ3v) is 5.62. The molecule has 26 heavy (non-hydrogen) atoms. The van der Waals surface area contributed by atoms with Crippen molar-refractivity contribution in [2.45, 2.75) is 31.3 Å². The third kappa shape index (κ3) is 4.89. The molecule has 0 aliphatic heterocycles. The Hall–Kier alpha value is -2.74. The summed E-state index contributed by atoms with van der Waals surface area (Å²) in [5, 5.41) is 13.6. The Morgan fingerprint density at radius 1 is 1.23 bits per heavy atom. The summed E-state index contributed by atoms with van der Waals surface area (Å²) in [5.41, 5.74) is 6.72. The average Bonchev–Trinajstić information content (AvgIpc) is 2.54. The first-order chi connectivity index (χ1) is 12.1. The van der Waals surface area contributed by atoms with Crippen LogP contribution in [0.15, 0.2) is 42.5 Å². The molecular weight excluding hydrogens is 354 g/mol. The lowest BCUT2D eigenvalue weighted by molar-refractivity contribution is -0.383. The van der Waals surface area contributed by atoms with Crippen LogP contribution in [0.3, 0.4) is 0 Å². The van der Waals surface area contributed by atoms with Crippen LogP contribution in [-0.4, -0.2) is 19.8 Å². The molecule has 0 aliphatic rings. The zero-order chi connectivity index (χ0) is 19.5. The van der Waals surface area contributed by atoms with E-state index in [0.717, 1.165) is 11.6 Å². The van der Waals surface area contributed by atoms with Crippen molar-refractivity contribution in [3.05, 3.63) is 63.7 Å². The predicted octanol–water partition coefficient (Wildman–Crippen LogP) is 3.48. The molecule has 0 radical (unpaired) electrons. The summed E-state index contributed by atoms with van der Waals surface area (Å²) in [5.74, 6) is -0.109. The first-order valence-electron chi connectivity index (χ1n) is 7.90. The van der Waals surface area contributed by atoms with E-state index in [4.69, 9.17) is 5.73 Å². The molecule has 3 N–H and O–H groups in total. The summed E-state index contributed by atoms with van der Waals surface area (Å²) in [6, 6.07) is 10.9. The molecule has 8 heteroatoms. The highest BCUT2D eigenvalue weighted by Crippen LogP contribution is 2.23. The minimum absolute atomic E-state index is 0.00166. The van der Waals surface area contributed by atoms with E-state index in [9.17, 15) is 19.1 Å². The van der Waals surface area contributed by atoms with Crippen molar-refractivity contribution in [2.24, 2.45) is 0 Å². The zero-order valence-electron chi connectivity index (χ0n) is 14.8. The zero-order valence-corrected chi connectivity index (χ0v) is 15.6. The highest BCUT2D eigenvalue weighted by atomic mass is 32.2. The Balaban J connectivity index is 2.17. The number of nitro benzene ring substituents is 1. The van der Waals surface area contributed by atoms with Gasteiger partial charge >= 0.3 is 0 Å². The van der Waals surface area contributed by atoms with Crippen molar-refractivity contribution in [2.75, 3.05) is 11.1 Å². The molecule has 138 valence electrons. The van der Waals surface area contributed by atoms with Gasteiger partial charge in [0, 0.05) is 38.6 Å². The minimum atomic E-state index is -1.06. The Labute approximate surface area is 154 Å². The van der Waals surface area contributed by atoms with Gasteiger partial charge in [0.05, 0.1) is 4.92 Å². The molecule has 2 aromatic rings. The molecule has 1 amide bonds. The van der Waals surface area contributed by atoms with Crippen molar-refractivity contribution >= 4 is 33.8 Å². The molecule has 0 fully saturated rings. The van der Waals surface area contributed by atoms with Gasteiger partial charge in [-0.25, -0.2) is 0 Å². The summed E-state index contributed by atoms with van der Waals surface area (Å²) >= 11 is 0. The molecule has 2 aromatic carbocycles. The molecule has 2 rings (SSSR count). The van der Waals surface area contributed by atoms with Gasteiger partial charge in [-0.3, -0.25) is 19.1 Å². The minimum Gasteiger partial charge on any atom is -0.393 e. The van der Waals surface area contributed by atoms with Gasteiger partial charge < -0.3 is 11.1 Å². The van der Waals surface area contributed by atoms with Crippen molar-refractivity contribution < 1.29 is 13.9 Å². The number of nitrogen functional groups attached to an aromatic ring is 1. The van der Waals surface area contributed by atoms with Crippen LogP contribution < -0.4 is 11.1 Å². The molecule has 0 aromatic heterocycles. The van der Waals surface area contributed by atoms with Gasteiger partial charge in [-0.2, -0.15) is 0 Å². The maximum Gasteiger partial charge on any atom is 0.292 e. The summed E-state index contributed by atoms with van der Waals surface area (Å²) < 4.78 is 11.9. The third-order valence-electron chi connectivity index (χ3n) is 3.65. The summed E-state index contributed by atoms with van der Waals surface area (Å²) in [6.45, 7) is 5.72. The lowest BCUT2D eigenvalue weighted by Gasteiger charge is -2.18. The maximum atomic E-state index is 12.4. The first kappa shape index (κ1) is 19.6. The van der Waals surface area contributed by atoms with Crippen LogP contribution in [0.1, 0.15) is 36.7 Å². The number of nitrogens with one attached hydrogen (secondary N) is 1. The van der Waals surface area contributed by atoms with Gasteiger partial charge in [0.2, 0.25) is 0 Å². The summed E-state index contributed by atoms with van der Waals surface area (Å²) in [7, 11) is -1.06. The van der Waals surface area contributed by atoms with Gasteiger partial charge in [-0.15, -0.1) is 0 Å². The van der Waals surface area contributed by atoms with E-state index in [1.807, 2.05) is 26.8 Å². The number of hydrogen-bond donors (Lipinski definition) is 2. The lowest BCUT2D eigenvalue weighted by Crippen LogP contribution is -2.23. The lowest BCUT2D eigenvalue weighted by atomic mass is 10.1. The van der Waals surface area contributed by atoms with E-state index in [2.05, 4.69) is 5.32 Å². The van der Waals surface area contributed by atoms with Gasteiger partial charge in [-0.1, -0.05) is 12.1 Å². The summed E-state index contributed by atoms with van der Waals surface area (Å²) in [4.78, 5) is 22.7. The van der Waals surface area contributed by atoms with Crippen LogP contribution in [0, 0.1) is 10.1 Å². The highest BCUT2D eigenvalue weighted by molar-refractivity contribution is 7.85. The molecule has 0 saturated carbocycles. The number of hydrogen-bond acceptors (Lipinski definition) is 5. The van der Waals surface area contributed by atoms with E-state index in [-0.39, 0.29) is 21.7 Å². The Morgan fingerprint density at radius 3 is 2.54 bits per heavy atom. The number of nitrogens with zero attached hydrogens (tertiary/aromatic N) is 1. The van der Waals surface area contributed by atoms with Crippen LogP contribution in [0.4, 0.5) is 17.1 Å². The number of carbonyl (C=O) groups is 1. The largest absolute Gasteiger partial charge is 0.393 e. The van der Waals surface area contributed by atoms with E-state index in [1.54, 1.807) is 18.2 Å². The first-order valence-corrected chi connectivity index (χ1v) is 9.22. The van der Waals surface area contributed by atoms with Crippen LogP contribution in [0.25, 0.3) is 0 Å². The SMILES string of the molecule is CC(C)(C)S(=O)Cc1cccc(NC(=O)c2ccc(N)c([N+](=O)[O-])c2)c1. The van der Waals surface area contributed by atoms with E-state index in [0.29, 0.717) is 11.4 Å². The number of nitrogens with two attached hydrogens (primary N) is 1. The van der Waals surface area contributed by atoms with E-state index in [1.165, 1.54) is 12.1 Å². The van der Waals surface area contributed by atoms with Crippen LogP contribution in [0.2, 0.25) is 0 Å². The van der Waals surface area contributed by atoms with Crippen LogP contribution >= 0.6 is 0 Å². The molecule has 1 atom stereocenters. The topological polar surface area (TPSA) is 115 Å². The number of benzene rings is 2. The quantitative estimate of drug-likeness (QED) is 0.471. The molecule has 0 aliphatic carbocycles. The fourth-order valence-electron chi connectivity index (χ4n) is 2.15.